The average Bonchev–Trinajstić information content (AvgIpc) is 2.35. The van der Waals surface area contributed by atoms with Gasteiger partial charge in [0.25, 0.3) is 0 Å². The Balaban J connectivity index is 0. The van der Waals surface area contributed by atoms with Crippen LogP contribution in [-0.2, 0) is 4.79 Å². The van der Waals surface area contributed by atoms with Crippen molar-refractivity contribution in [2.45, 2.75) is 47.5 Å². The van der Waals surface area contributed by atoms with Crippen LogP contribution in [0.1, 0.15) is 53.0 Å². The third-order valence-electron chi connectivity index (χ3n) is 1.80. The Morgan fingerprint density at radius 1 is 1.00 bits per heavy atom. The van der Waals surface area contributed by atoms with Gasteiger partial charge in [-0.1, -0.05) is 53.7 Å². The minimum atomic E-state index is 0.537. The number of amides is 1. The van der Waals surface area contributed by atoms with Crippen LogP contribution < -0.4 is 5.32 Å². The van der Waals surface area contributed by atoms with Gasteiger partial charge in [0.05, 0.1) is 0 Å². The minimum absolute atomic E-state index is 0.537. The van der Waals surface area contributed by atoms with Crippen molar-refractivity contribution in [3.05, 3.63) is 29.8 Å². The maximum atomic E-state index is 10.1. The van der Waals surface area contributed by atoms with E-state index >= 15 is 0 Å². The second-order valence-electron chi connectivity index (χ2n) is 3.04. The highest BCUT2D eigenvalue weighted by Gasteiger charge is 1.97. The zero-order valence-corrected chi connectivity index (χ0v) is 11.4. The van der Waals surface area contributed by atoms with Crippen LogP contribution in [-0.4, -0.2) is 6.41 Å². The molecule has 0 spiro atoms. The number of anilines is 1. The Hall–Kier alpha value is -1.31. The fourth-order valence-corrected chi connectivity index (χ4v) is 1.03. The Kier molecular flexibility index (Phi) is 12.6. The van der Waals surface area contributed by atoms with E-state index < -0.39 is 0 Å². The summed E-state index contributed by atoms with van der Waals surface area (Å²) in [6, 6.07) is 7.86. The van der Waals surface area contributed by atoms with Gasteiger partial charge in [-0.25, -0.2) is 0 Å². The molecule has 0 aliphatic carbocycles. The largest absolute Gasteiger partial charge is 0.329 e. The molecule has 16 heavy (non-hydrogen) atoms. The lowest BCUT2D eigenvalue weighted by atomic mass is 10.0. The molecular formula is C14H25NO. The molecule has 0 fully saturated rings. The minimum Gasteiger partial charge on any atom is -0.329 e. The molecular weight excluding hydrogens is 198 g/mol. The lowest BCUT2D eigenvalue weighted by Gasteiger charge is -2.05. The Morgan fingerprint density at radius 2 is 1.44 bits per heavy atom. The smallest absolute Gasteiger partial charge is 0.211 e. The third-order valence-corrected chi connectivity index (χ3v) is 1.80. The lowest BCUT2D eigenvalue weighted by Crippen LogP contribution is -1.94. The molecule has 92 valence electrons. The van der Waals surface area contributed by atoms with E-state index in [0.29, 0.717) is 12.3 Å². The summed E-state index contributed by atoms with van der Waals surface area (Å²) >= 11 is 0. The van der Waals surface area contributed by atoms with Gasteiger partial charge in [-0.3, -0.25) is 4.79 Å². The molecule has 0 saturated carbocycles. The van der Waals surface area contributed by atoms with Crippen LogP contribution in [0.3, 0.4) is 0 Å². The summed E-state index contributed by atoms with van der Waals surface area (Å²) in [4.78, 5) is 10.1. The zero-order chi connectivity index (χ0) is 13.0. The van der Waals surface area contributed by atoms with Crippen molar-refractivity contribution in [3.8, 4) is 0 Å². The SMILES string of the molecule is CC.CC.CC(C)c1ccc(NC=O)cc1. The first-order chi connectivity index (χ1) is 7.74. The van der Waals surface area contributed by atoms with Gasteiger partial charge in [0.15, 0.2) is 0 Å². The van der Waals surface area contributed by atoms with E-state index in [2.05, 4.69) is 19.2 Å². The highest BCUT2D eigenvalue weighted by Crippen LogP contribution is 2.16. The van der Waals surface area contributed by atoms with Crippen molar-refractivity contribution >= 4 is 12.1 Å². The van der Waals surface area contributed by atoms with Gasteiger partial charge < -0.3 is 5.32 Å². The van der Waals surface area contributed by atoms with Crippen LogP contribution in [0, 0.1) is 0 Å². The van der Waals surface area contributed by atoms with Crippen LogP contribution in [0.25, 0.3) is 0 Å². The first-order valence-electron chi connectivity index (χ1n) is 6.04. The summed E-state index contributed by atoms with van der Waals surface area (Å²) in [5, 5.41) is 2.59. The second-order valence-corrected chi connectivity index (χ2v) is 3.04. The van der Waals surface area contributed by atoms with Gasteiger partial charge in [0.1, 0.15) is 0 Å². The standard InChI is InChI=1S/C10H13NO.2C2H6/c1-8(2)9-3-5-10(6-4-9)11-7-12;2*1-2/h3-8H,1-2H3,(H,11,12);2*1-2H3. The number of nitrogens with one attached hydrogen (secondary N) is 1. The Labute approximate surface area is 100 Å². The van der Waals surface area contributed by atoms with Gasteiger partial charge >= 0.3 is 0 Å². The molecule has 1 aromatic rings. The quantitative estimate of drug-likeness (QED) is 0.754. The number of hydrogen-bond acceptors (Lipinski definition) is 1. The molecule has 0 aliphatic rings. The summed E-state index contributed by atoms with van der Waals surface area (Å²) in [5.41, 5.74) is 2.13. The predicted molar refractivity (Wildman–Crippen MR) is 72.9 cm³/mol. The number of rotatable bonds is 3. The second kappa shape index (κ2) is 11.8. The summed E-state index contributed by atoms with van der Waals surface area (Å²) in [6.07, 6.45) is 0.685. The van der Waals surface area contributed by atoms with Gasteiger partial charge in [0, 0.05) is 5.69 Å². The summed E-state index contributed by atoms with van der Waals surface area (Å²) in [5.74, 6) is 0.537. The van der Waals surface area contributed by atoms with Crippen molar-refractivity contribution in [2.75, 3.05) is 5.32 Å². The van der Waals surface area contributed by atoms with E-state index in [-0.39, 0.29) is 0 Å². The fraction of sp³-hybridized carbons (Fsp3) is 0.500. The molecule has 2 nitrogen and oxygen atoms in total. The van der Waals surface area contributed by atoms with Crippen LogP contribution in [0.5, 0.6) is 0 Å². The van der Waals surface area contributed by atoms with Crippen LogP contribution in [0.2, 0.25) is 0 Å². The first kappa shape index (κ1) is 17.1. The van der Waals surface area contributed by atoms with Crippen LogP contribution >= 0.6 is 0 Å². The Bertz CT molecular complexity index is 252. The van der Waals surface area contributed by atoms with E-state index in [1.165, 1.54) is 5.56 Å². The van der Waals surface area contributed by atoms with E-state index in [1.807, 2.05) is 52.0 Å². The van der Waals surface area contributed by atoms with E-state index in [9.17, 15) is 4.79 Å². The highest BCUT2D eigenvalue weighted by atomic mass is 16.1. The van der Waals surface area contributed by atoms with Crippen molar-refractivity contribution in [1.82, 2.24) is 0 Å². The topological polar surface area (TPSA) is 29.1 Å². The summed E-state index contributed by atoms with van der Waals surface area (Å²) in [7, 11) is 0. The normalized spacial score (nSPS) is 8.19. The van der Waals surface area contributed by atoms with Crippen LogP contribution in [0.4, 0.5) is 5.69 Å². The van der Waals surface area contributed by atoms with E-state index in [1.54, 1.807) is 0 Å². The van der Waals surface area contributed by atoms with Gasteiger partial charge in [-0.15, -0.1) is 0 Å². The molecule has 0 aromatic heterocycles. The molecule has 0 heterocycles. The maximum absolute atomic E-state index is 10.1. The summed E-state index contributed by atoms with van der Waals surface area (Å²) < 4.78 is 0. The monoisotopic (exact) mass is 223 g/mol. The zero-order valence-electron chi connectivity index (χ0n) is 11.4. The molecule has 0 aliphatic heterocycles. The molecule has 1 aromatic carbocycles. The molecule has 0 bridgehead atoms. The molecule has 0 atom stereocenters. The molecule has 1 N–H and O–H groups in total. The number of carbonyl (C=O) groups is 1. The van der Waals surface area contributed by atoms with Crippen LogP contribution in [0.15, 0.2) is 24.3 Å². The Morgan fingerprint density at radius 3 is 1.75 bits per heavy atom. The van der Waals surface area contributed by atoms with E-state index in [0.717, 1.165) is 5.69 Å². The molecule has 0 unspecified atom stereocenters. The van der Waals surface area contributed by atoms with Crippen molar-refractivity contribution in [2.24, 2.45) is 0 Å². The molecule has 2 heteroatoms. The van der Waals surface area contributed by atoms with Gasteiger partial charge in [0.2, 0.25) is 6.41 Å². The third kappa shape index (κ3) is 7.04. The molecule has 0 saturated heterocycles. The summed E-state index contributed by atoms with van der Waals surface area (Å²) in [6.45, 7) is 12.3. The predicted octanol–water partition coefficient (Wildman–Crippen LogP) is 4.43. The molecule has 1 rings (SSSR count). The van der Waals surface area contributed by atoms with Crippen molar-refractivity contribution in [3.63, 3.8) is 0 Å². The fourth-order valence-electron chi connectivity index (χ4n) is 1.03. The van der Waals surface area contributed by atoms with Crippen molar-refractivity contribution < 1.29 is 4.79 Å². The average molecular weight is 223 g/mol. The first-order valence-corrected chi connectivity index (χ1v) is 6.04. The highest BCUT2D eigenvalue weighted by molar-refractivity contribution is 5.71. The van der Waals surface area contributed by atoms with Crippen molar-refractivity contribution in [1.29, 1.82) is 0 Å². The number of hydrogen-bond donors (Lipinski definition) is 1. The number of carbonyl (C=O) groups excluding carboxylic acids is 1. The van der Waals surface area contributed by atoms with E-state index in [4.69, 9.17) is 0 Å². The van der Waals surface area contributed by atoms with Gasteiger partial charge in [-0.2, -0.15) is 0 Å². The number of benzene rings is 1. The molecule has 1 amide bonds. The lowest BCUT2D eigenvalue weighted by molar-refractivity contribution is -0.105. The maximum Gasteiger partial charge on any atom is 0.211 e. The molecule has 0 radical (unpaired) electrons. The van der Waals surface area contributed by atoms with Gasteiger partial charge in [-0.05, 0) is 23.6 Å².